The average Bonchev–Trinajstić information content (AvgIpc) is 3.02. The fraction of sp³-hybridized carbons (Fsp3) is 0. The van der Waals surface area contributed by atoms with Crippen molar-refractivity contribution in [1.82, 2.24) is 0 Å². The molecule has 48 heavy (non-hydrogen) atoms. The van der Waals surface area contributed by atoms with Gasteiger partial charge in [-0.05, 0) is 58.3 Å². The maximum absolute atomic E-state index is 12.1. The van der Waals surface area contributed by atoms with E-state index >= 15 is 0 Å². The van der Waals surface area contributed by atoms with E-state index in [1.54, 1.807) is 84.9 Å². The van der Waals surface area contributed by atoms with Gasteiger partial charge in [0.1, 0.15) is 32.5 Å². The summed E-state index contributed by atoms with van der Waals surface area (Å²) in [6, 6.07) is 26.0. The number of nitrogen functional groups attached to an aromatic ring is 2. The number of azo groups is 2. The van der Waals surface area contributed by atoms with Crippen LogP contribution in [0.5, 0.6) is 0 Å². The monoisotopic (exact) mass is 720 g/mol. The van der Waals surface area contributed by atoms with E-state index in [1.807, 2.05) is 0 Å². The van der Waals surface area contributed by atoms with Gasteiger partial charge in [0.2, 0.25) is 0 Å². The van der Waals surface area contributed by atoms with Crippen LogP contribution < -0.4 is 11.5 Å². The molecule has 0 aliphatic rings. The van der Waals surface area contributed by atoms with Crippen molar-refractivity contribution in [1.29, 1.82) is 0 Å². The van der Waals surface area contributed by atoms with E-state index in [0.29, 0.717) is 21.9 Å². The highest BCUT2D eigenvalue weighted by molar-refractivity contribution is 7.86. The van der Waals surface area contributed by atoms with Crippen LogP contribution in [0.2, 0.25) is 10.0 Å². The van der Waals surface area contributed by atoms with Gasteiger partial charge in [-0.15, -0.1) is 20.5 Å². The summed E-state index contributed by atoms with van der Waals surface area (Å²) in [7, 11) is -9.33. The number of fused-ring (bicyclic) bond motifs is 2. The Kier molecular flexibility index (Phi) is 8.63. The zero-order chi connectivity index (χ0) is 34.4. The van der Waals surface area contributed by atoms with Crippen LogP contribution in [-0.2, 0) is 20.2 Å². The highest BCUT2D eigenvalue weighted by Crippen LogP contribution is 2.41. The molecule has 0 bridgehead atoms. The Morgan fingerprint density at radius 3 is 1.21 bits per heavy atom. The van der Waals surface area contributed by atoms with Crippen LogP contribution in [0.3, 0.4) is 0 Å². The molecule has 0 aromatic heterocycles. The molecule has 0 fully saturated rings. The Bertz CT molecular complexity index is 2400. The van der Waals surface area contributed by atoms with Crippen molar-refractivity contribution in [2.75, 3.05) is 11.5 Å². The molecular formula is C32H22Cl2N6O6S2. The summed E-state index contributed by atoms with van der Waals surface area (Å²) in [5.41, 5.74) is 13.5. The molecule has 0 atom stereocenters. The molecule has 0 unspecified atom stereocenters. The van der Waals surface area contributed by atoms with E-state index in [1.165, 1.54) is 12.1 Å². The second-order valence-electron chi connectivity index (χ2n) is 10.4. The summed E-state index contributed by atoms with van der Waals surface area (Å²) in [6.45, 7) is 0. The topological polar surface area (TPSA) is 210 Å². The van der Waals surface area contributed by atoms with Crippen molar-refractivity contribution >= 4 is 99.1 Å². The lowest BCUT2D eigenvalue weighted by atomic mass is 10.0. The van der Waals surface area contributed by atoms with Crippen LogP contribution in [0, 0.1) is 0 Å². The van der Waals surface area contributed by atoms with Crippen LogP contribution in [0.4, 0.5) is 34.1 Å². The number of hydrogen-bond acceptors (Lipinski definition) is 10. The lowest BCUT2D eigenvalue weighted by Gasteiger charge is -2.10. The molecule has 242 valence electrons. The molecule has 0 saturated carbocycles. The molecule has 0 spiro atoms. The van der Waals surface area contributed by atoms with Crippen molar-refractivity contribution in [2.45, 2.75) is 9.79 Å². The Hall–Kier alpha value is -4.96. The first-order chi connectivity index (χ1) is 22.7. The minimum atomic E-state index is -4.66. The van der Waals surface area contributed by atoms with Crippen molar-refractivity contribution in [3.63, 3.8) is 0 Å². The third-order valence-corrected chi connectivity index (χ3v) is 9.83. The summed E-state index contributed by atoms with van der Waals surface area (Å²) in [4.78, 5) is -0.918. The number of nitrogens with two attached hydrogens (primary N) is 2. The first kappa shape index (κ1) is 33.0. The molecular weight excluding hydrogens is 699 g/mol. The maximum atomic E-state index is 12.1. The first-order valence-corrected chi connectivity index (χ1v) is 17.4. The molecule has 0 saturated heterocycles. The van der Waals surface area contributed by atoms with E-state index in [2.05, 4.69) is 20.5 Å². The highest BCUT2D eigenvalue weighted by atomic mass is 35.5. The third-order valence-electron chi connectivity index (χ3n) is 7.31. The Morgan fingerprint density at radius 1 is 0.500 bits per heavy atom. The Balaban J connectivity index is 1.28. The number of rotatable bonds is 7. The van der Waals surface area contributed by atoms with Gasteiger partial charge in [-0.1, -0.05) is 83.9 Å². The SMILES string of the molecule is Nc1c(N=Nc2ccc(-c3ccc(N=Nc4cc5ccccc5c(S(=O)(=O)O)c4N)c(Cl)c3)cc2Cl)cc2ccccc2c1S(=O)(=O)O. The highest BCUT2D eigenvalue weighted by Gasteiger charge is 2.22. The lowest BCUT2D eigenvalue weighted by Crippen LogP contribution is -2.04. The van der Waals surface area contributed by atoms with Gasteiger partial charge >= 0.3 is 0 Å². The van der Waals surface area contributed by atoms with Gasteiger partial charge in [0.05, 0.1) is 21.4 Å². The van der Waals surface area contributed by atoms with E-state index in [9.17, 15) is 25.9 Å². The fourth-order valence-electron chi connectivity index (χ4n) is 5.10. The third kappa shape index (κ3) is 6.44. The zero-order valence-electron chi connectivity index (χ0n) is 24.3. The number of anilines is 2. The molecule has 6 aromatic carbocycles. The Morgan fingerprint density at radius 2 is 0.854 bits per heavy atom. The second kappa shape index (κ2) is 12.6. The summed E-state index contributed by atoms with van der Waals surface area (Å²) < 4.78 is 68.0. The van der Waals surface area contributed by atoms with Crippen molar-refractivity contribution in [3.8, 4) is 11.1 Å². The molecule has 6 N–H and O–H groups in total. The van der Waals surface area contributed by atoms with Gasteiger partial charge in [0.15, 0.2) is 0 Å². The average molecular weight is 722 g/mol. The van der Waals surface area contributed by atoms with Gasteiger partial charge in [0.25, 0.3) is 20.2 Å². The van der Waals surface area contributed by atoms with E-state index < -0.39 is 30.0 Å². The van der Waals surface area contributed by atoms with Crippen molar-refractivity contribution in [3.05, 3.63) is 107 Å². The molecule has 0 aliphatic heterocycles. The predicted molar refractivity (Wildman–Crippen MR) is 187 cm³/mol. The van der Waals surface area contributed by atoms with Gasteiger partial charge in [-0.2, -0.15) is 16.8 Å². The van der Waals surface area contributed by atoms with Crippen LogP contribution >= 0.6 is 23.2 Å². The van der Waals surface area contributed by atoms with Crippen LogP contribution in [0.25, 0.3) is 32.7 Å². The largest absolute Gasteiger partial charge is 0.396 e. The maximum Gasteiger partial charge on any atom is 0.297 e. The van der Waals surface area contributed by atoms with E-state index in [4.69, 9.17) is 34.7 Å². The molecule has 6 rings (SSSR count). The summed E-state index contributed by atoms with van der Waals surface area (Å²) in [6.07, 6.45) is 0. The van der Waals surface area contributed by atoms with Crippen LogP contribution in [-0.4, -0.2) is 25.9 Å². The van der Waals surface area contributed by atoms with Gasteiger partial charge in [-0.3, -0.25) is 9.11 Å². The fourth-order valence-corrected chi connectivity index (χ4v) is 7.23. The van der Waals surface area contributed by atoms with Crippen LogP contribution in [0.15, 0.2) is 127 Å². The number of halogens is 2. The van der Waals surface area contributed by atoms with Gasteiger partial charge in [-0.25, -0.2) is 0 Å². The number of benzene rings is 6. The summed E-state index contributed by atoms with van der Waals surface area (Å²) in [5, 5.41) is 18.4. The van der Waals surface area contributed by atoms with Crippen LogP contribution in [0.1, 0.15) is 0 Å². The molecule has 12 nitrogen and oxygen atoms in total. The molecule has 0 heterocycles. The Labute approximate surface area is 283 Å². The normalized spacial score (nSPS) is 12.5. The molecule has 0 amide bonds. The summed E-state index contributed by atoms with van der Waals surface area (Å²) >= 11 is 13.0. The second-order valence-corrected chi connectivity index (χ2v) is 13.9. The van der Waals surface area contributed by atoms with Gasteiger partial charge < -0.3 is 11.5 Å². The molecule has 0 radical (unpaired) electrons. The molecule has 0 aliphatic carbocycles. The van der Waals surface area contributed by atoms with E-state index in [-0.39, 0.29) is 54.9 Å². The first-order valence-electron chi connectivity index (χ1n) is 13.7. The smallest absolute Gasteiger partial charge is 0.297 e. The van der Waals surface area contributed by atoms with Gasteiger partial charge in [0, 0.05) is 10.8 Å². The van der Waals surface area contributed by atoms with Crippen molar-refractivity contribution < 1.29 is 25.9 Å². The number of nitrogens with zero attached hydrogens (tertiary/aromatic N) is 4. The quantitative estimate of drug-likeness (QED) is 0.0706. The zero-order valence-corrected chi connectivity index (χ0v) is 27.4. The molecule has 6 aromatic rings. The minimum Gasteiger partial charge on any atom is -0.396 e. The summed E-state index contributed by atoms with van der Waals surface area (Å²) in [5.74, 6) is 0. The standard InChI is InChI=1S/C32H22Cl2N6O6S2/c33-23-13-17(9-11-25(23)37-39-27-15-19-5-1-3-7-21(19)31(29(27)35)47(41,42)43)18-10-12-26(24(34)14-18)38-40-28-16-20-6-2-4-8-22(20)32(30(28)36)48(44,45)46/h1-16H,35-36H2,(H,41,42,43)(H,44,45,46). The number of hydrogen-bond donors (Lipinski definition) is 4. The minimum absolute atomic E-state index is 0.0256. The lowest BCUT2D eigenvalue weighted by molar-refractivity contribution is 0.482. The van der Waals surface area contributed by atoms with E-state index in [0.717, 1.165) is 0 Å². The molecule has 16 heteroatoms. The predicted octanol–water partition coefficient (Wildman–Crippen LogP) is 9.46. The van der Waals surface area contributed by atoms with Crippen molar-refractivity contribution in [2.24, 2.45) is 20.5 Å².